The van der Waals surface area contributed by atoms with Crippen LogP contribution in [0.2, 0.25) is 0 Å². The van der Waals surface area contributed by atoms with E-state index in [9.17, 15) is 4.79 Å². The Balaban J connectivity index is 1.86. The number of hydrogen-bond donors (Lipinski definition) is 1. The molecule has 0 saturated heterocycles. The van der Waals surface area contributed by atoms with Crippen molar-refractivity contribution in [3.05, 3.63) is 58.6 Å². The van der Waals surface area contributed by atoms with Crippen LogP contribution in [0, 0.1) is 0 Å². The zero-order valence-electron chi connectivity index (χ0n) is 12.8. The molecule has 1 amide bonds. The molecule has 3 nitrogen and oxygen atoms in total. The molecule has 0 radical (unpaired) electrons. The molecule has 0 fully saturated rings. The molecule has 0 saturated carbocycles. The van der Waals surface area contributed by atoms with Crippen LogP contribution in [0.25, 0.3) is 0 Å². The van der Waals surface area contributed by atoms with Crippen molar-refractivity contribution < 1.29 is 9.53 Å². The normalized spacial score (nSPS) is 11.8. The van der Waals surface area contributed by atoms with Crippen molar-refractivity contribution >= 4 is 27.5 Å². The second-order valence-corrected chi connectivity index (χ2v) is 6.14. The van der Waals surface area contributed by atoms with Crippen LogP contribution in [-0.4, -0.2) is 12.5 Å². The third kappa shape index (κ3) is 4.88. The fourth-order valence-electron chi connectivity index (χ4n) is 2.03. The average Bonchev–Trinajstić information content (AvgIpc) is 2.53. The predicted octanol–water partition coefficient (Wildman–Crippen LogP) is 4.98. The van der Waals surface area contributed by atoms with Gasteiger partial charge in [-0.3, -0.25) is 4.79 Å². The third-order valence-corrected chi connectivity index (χ3v) is 4.04. The molecular formula is C18H20BrNO2. The number of nitrogens with one attached hydrogen (secondary N) is 1. The molecule has 0 spiro atoms. The molecule has 1 N–H and O–H groups in total. The van der Waals surface area contributed by atoms with Gasteiger partial charge < -0.3 is 10.1 Å². The van der Waals surface area contributed by atoms with Gasteiger partial charge in [-0.25, -0.2) is 0 Å². The summed E-state index contributed by atoms with van der Waals surface area (Å²) in [5.74, 6) is 1.03. The lowest BCUT2D eigenvalue weighted by molar-refractivity contribution is -0.118. The van der Waals surface area contributed by atoms with E-state index >= 15 is 0 Å². The molecule has 1 unspecified atom stereocenters. The summed E-state index contributed by atoms with van der Waals surface area (Å²) in [6.45, 7) is 4.35. The van der Waals surface area contributed by atoms with Crippen LogP contribution >= 0.6 is 15.9 Å². The maximum atomic E-state index is 11.9. The first-order valence-corrected chi connectivity index (χ1v) is 8.16. The van der Waals surface area contributed by atoms with Crippen LogP contribution in [0.4, 0.5) is 5.69 Å². The first-order chi connectivity index (χ1) is 10.6. The van der Waals surface area contributed by atoms with E-state index in [1.54, 1.807) is 0 Å². The Bertz CT molecular complexity index is 625. The molecule has 0 aliphatic heterocycles. The number of halogens is 1. The summed E-state index contributed by atoms with van der Waals surface area (Å²) in [6, 6.07) is 15.4. The standard InChI is InChI=1S/C18H20BrNO2/c1-3-13(2)14-7-9-16(10-8-14)20-18(21)12-22-17-6-4-5-15(19)11-17/h4-11,13H,3,12H2,1-2H3,(H,20,21). The first-order valence-electron chi connectivity index (χ1n) is 7.36. The van der Waals surface area contributed by atoms with Gasteiger partial charge in [0.2, 0.25) is 0 Å². The maximum Gasteiger partial charge on any atom is 0.262 e. The van der Waals surface area contributed by atoms with E-state index in [-0.39, 0.29) is 12.5 Å². The van der Waals surface area contributed by atoms with Gasteiger partial charge in [-0.15, -0.1) is 0 Å². The lowest BCUT2D eigenvalue weighted by Crippen LogP contribution is -2.20. The van der Waals surface area contributed by atoms with E-state index in [4.69, 9.17) is 4.74 Å². The molecule has 2 rings (SSSR count). The van der Waals surface area contributed by atoms with E-state index in [1.807, 2.05) is 36.4 Å². The van der Waals surface area contributed by atoms with Crippen LogP contribution in [0.15, 0.2) is 53.0 Å². The minimum Gasteiger partial charge on any atom is -0.484 e. The summed E-state index contributed by atoms with van der Waals surface area (Å²) < 4.78 is 6.38. The maximum absolute atomic E-state index is 11.9. The van der Waals surface area contributed by atoms with Gasteiger partial charge in [0.15, 0.2) is 6.61 Å². The largest absolute Gasteiger partial charge is 0.484 e. The minimum atomic E-state index is -0.170. The second-order valence-electron chi connectivity index (χ2n) is 5.23. The van der Waals surface area contributed by atoms with E-state index < -0.39 is 0 Å². The number of amides is 1. The highest BCUT2D eigenvalue weighted by molar-refractivity contribution is 9.10. The molecule has 1 atom stereocenters. The molecule has 0 aliphatic carbocycles. The fraction of sp³-hybridized carbons (Fsp3) is 0.278. The number of ether oxygens (including phenoxy) is 1. The summed E-state index contributed by atoms with van der Waals surface area (Å²) in [5.41, 5.74) is 2.07. The Labute approximate surface area is 139 Å². The summed E-state index contributed by atoms with van der Waals surface area (Å²) >= 11 is 3.37. The number of carbonyl (C=O) groups excluding carboxylic acids is 1. The quantitative estimate of drug-likeness (QED) is 0.787. The van der Waals surface area contributed by atoms with Crippen molar-refractivity contribution in [2.75, 3.05) is 11.9 Å². The van der Waals surface area contributed by atoms with Gasteiger partial charge in [0.25, 0.3) is 5.91 Å². The Morgan fingerprint density at radius 1 is 1.23 bits per heavy atom. The summed E-state index contributed by atoms with van der Waals surface area (Å²) in [6.07, 6.45) is 1.10. The van der Waals surface area contributed by atoms with Gasteiger partial charge in [-0.05, 0) is 48.2 Å². The summed E-state index contributed by atoms with van der Waals surface area (Å²) in [5, 5.41) is 2.84. The van der Waals surface area contributed by atoms with Gasteiger partial charge in [0.05, 0.1) is 0 Å². The number of hydrogen-bond acceptors (Lipinski definition) is 2. The summed E-state index contributed by atoms with van der Waals surface area (Å²) in [7, 11) is 0. The number of anilines is 1. The molecule has 0 heterocycles. The SMILES string of the molecule is CCC(C)c1ccc(NC(=O)COc2cccc(Br)c2)cc1. The Morgan fingerprint density at radius 2 is 1.95 bits per heavy atom. The van der Waals surface area contributed by atoms with Crippen molar-refractivity contribution in [1.29, 1.82) is 0 Å². The molecular weight excluding hydrogens is 342 g/mol. The average molecular weight is 362 g/mol. The van der Waals surface area contributed by atoms with Gasteiger partial charge in [0, 0.05) is 10.2 Å². The van der Waals surface area contributed by atoms with Crippen LogP contribution < -0.4 is 10.1 Å². The third-order valence-electron chi connectivity index (χ3n) is 3.54. The fourth-order valence-corrected chi connectivity index (χ4v) is 2.41. The second kappa shape index (κ2) is 7.99. The Morgan fingerprint density at radius 3 is 2.59 bits per heavy atom. The molecule has 2 aromatic carbocycles. The van der Waals surface area contributed by atoms with Crippen LogP contribution in [-0.2, 0) is 4.79 Å². The van der Waals surface area contributed by atoms with E-state index in [2.05, 4.69) is 47.2 Å². The predicted molar refractivity (Wildman–Crippen MR) is 93.4 cm³/mol. The monoisotopic (exact) mass is 361 g/mol. The topological polar surface area (TPSA) is 38.3 Å². The molecule has 0 aliphatic rings. The van der Waals surface area contributed by atoms with Crippen LogP contribution in [0.1, 0.15) is 31.7 Å². The van der Waals surface area contributed by atoms with Gasteiger partial charge in [0.1, 0.15) is 5.75 Å². The van der Waals surface area contributed by atoms with Crippen molar-refractivity contribution in [1.82, 2.24) is 0 Å². The van der Waals surface area contributed by atoms with E-state index in [0.717, 1.165) is 16.6 Å². The lowest BCUT2D eigenvalue weighted by Gasteiger charge is -2.11. The highest BCUT2D eigenvalue weighted by Gasteiger charge is 2.06. The highest BCUT2D eigenvalue weighted by atomic mass is 79.9. The number of carbonyl (C=O) groups is 1. The van der Waals surface area contributed by atoms with Gasteiger partial charge in [-0.1, -0.05) is 48.0 Å². The van der Waals surface area contributed by atoms with Crippen molar-refractivity contribution in [2.24, 2.45) is 0 Å². The van der Waals surface area contributed by atoms with Crippen molar-refractivity contribution in [3.63, 3.8) is 0 Å². The van der Waals surface area contributed by atoms with Crippen molar-refractivity contribution in [3.8, 4) is 5.75 Å². The molecule has 4 heteroatoms. The Kier molecular flexibility index (Phi) is 6.01. The number of rotatable bonds is 6. The molecule has 0 aromatic heterocycles. The zero-order chi connectivity index (χ0) is 15.9. The Hall–Kier alpha value is -1.81. The van der Waals surface area contributed by atoms with Gasteiger partial charge in [-0.2, -0.15) is 0 Å². The first kappa shape index (κ1) is 16.6. The van der Waals surface area contributed by atoms with Crippen LogP contribution in [0.3, 0.4) is 0 Å². The molecule has 2 aromatic rings. The molecule has 22 heavy (non-hydrogen) atoms. The van der Waals surface area contributed by atoms with E-state index in [1.165, 1.54) is 5.56 Å². The van der Waals surface area contributed by atoms with Crippen molar-refractivity contribution in [2.45, 2.75) is 26.2 Å². The van der Waals surface area contributed by atoms with Crippen LogP contribution in [0.5, 0.6) is 5.75 Å². The van der Waals surface area contributed by atoms with E-state index in [0.29, 0.717) is 11.7 Å². The lowest BCUT2D eigenvalue weighted by atomic mass is 9.99. The summed E-state index contributed by atoms with van der Waals surface area (Å²) in [4.78, 5) is 11.9. The molecule has 0 bridgehead atoms. The molecule has 116 valence electrons. The van der Waals surface area contributed by atoms with Gasteiger partial charge >= 0.3 is 0 Å². The zero-order valence-corrected chi connectivity index (χ0v) is 14.4. The smallest absolute Gasteiger partial charge is 0.262 e. The number of benzene rings is 2. The highest BCUT2D eigenvalue weighted by Crippen LogP contribution is 2.21. The minimum absolute atomic E-state index is 0.0103.